The summed E-state index contributed by atoms with van der Waals surface area (Å²) in [6.45, 7) is 1.69. The number of halogens is 1. The fraction of sp³-hybridized carbons (Fsp3) is 0.103. The van der Waals surface area contributed by atoms with Gasteiger partial charge in [-0.3, -0.25) is 0 Å². The van der Waals surface area contributed by atoms with Gasteiger partial charge in [0.1, 0.15) is 5.54 Å². The highest BCUT2D eigenvalue weighted by molar-refractivity contribution is 6.34. The highest BCUT2D eigenvalue weighted by Gasteiger charge is 2.37. The zero-order chi connectivity index (χ0) is 24.1. The van der Waals surface area contributed by atoms with Crippen LogP contribution in [0.3, 0.4) is 0 Å². The van der Waals surface area contributed by atoms with Crippen LogP contribution in [0.2, 0.25) is 5.02 Å². The maximum absolute atomic E-state index is 12.3. The minimum Gasteiger partial charge on any atom is -0.465 e. The van der Waals surface area contributed by atoms with E-state index in [1.165, 1.54) is 7.11 Å². The average Bonchev–Trinajstić information content (AvgIpc) is 2.88. The first-order chi connectivity index (χ1) is 16.5. The van der Waals surface area contributed by atoms with Crippen molar-refractivity contribution in [1.82, 2.24) is 0 Å². The molecule has 0 bridgehead atoms. The first kappa shape index (κ1) is 23.3. The van der Waals surface area contributed by atoms with E-state index in [4.69, 9.17) is 21.7 Å². The van der Waals surface area contributed by atoms with Crippen LogP contribution in [0, 0.1) is 5.41 Å². The van der Waals surface area contributed by atoms with Gasteiger partial charge in [-0.25, -0.2) is 4.79 Å². The molecular weight excluding hydrogens is 444 g/mol. The molecule has 4 aromatic rings. The topological polar surface area (TPSA) is 62.2 Å². The van der Waals surface area contributed by atoms with Crippen LogP contribution in [0.15, 0.2) is 103 Å². The number of carbonyl (C=O) groups is 1. The smallest absolute Gasteiger partial charge is 0.339 e. The van der Waals surface area contributed by atoms with Crippen LogP contribution in [-0.2, 0) is 10.3 Å². The van der Waals surface area contributed by atoms with Crippen LogP contribution < -0.4 is 5.32 Å². The Kier molecular flexibility index (Phi) is 6.80. The summed E-state index contributed by atoms with van der Waals surface area (Å²) >= 11 is 6.54. The number of hydrogen-bond donors (Lipinski definition) is 2. The molecule has 0 spiro atoms. The summed E-state index contributed by atoms with van der Waals surface area (Å²) in [6.07, 6.45) is 0. The molecule has 170 valence electrons. The Labute approximate surface area is 204 Å². The van der Waals surface area contributed by atoms with Crippen molar-refractivity contribution in [2.24, 2.45) is 0 Å². The molecule has 0 amide bonds. The van der Waals surface area contributed by atoms with Gasteiger partial charge in [-0.2, -0.15) is 0 Å². The molecule has 0 atom stereocenters. The molecule has 0 aromatic heterocycles. The predicted octanol–water partition coefficient (Wildman–Crippen LogP) is 6.92. The molecule has 5 heteroatoms. The van der Waals surface area contributed by atoms with E-state index in [1.54, 1.807) is 19.1 Å². The Morgan fingerprint density at radius 2 is 1.24 bits per heavy atom. The average molecular weight is 469 g/mol. The fourth-order valence-corrected chi connectivity index (χ4v) is 4.48. The molecular formula is C29H25ClN2O2. The number of benzene rings is 4. The summed E-state index contributed by atoms with van der Waals surface area (Å²) in [5.74, 6) is -0.542. The first-order valence-corrected chi connectivity index (χ1v) is 11.3. The van der Waals surface area contributed by atoms with Gasteiger partial charge in [-0.15, -0.1) is 0 Å². The normalized spacial score (nSPS) is 11.0. The van der Waals surface area contributed by atoms with Crippen molar-refractivity contribution in [2.45, 2.75) is 12.5 Å². The fourth-order valence-electron chi connectivity index (χ4n) is 4.24. The van der Waals surface area contributed by atoms with Crippen molar-refractivity contribution in [2.75, 3.05) is 12.4 Å². The van der Waals surface area contributed by atoms with Gasteiger partial charge in [-0.05, 0) is 35.7 Å². The number of methoxy groups -OCH3 is 1. The zero-order valence-corrected chi connectivity index (χ0v) is 19.8. The molecule has 2 N–H and O–H groups in total. The molecule has 0 radical (unpaired) electrons. The van der Waals surface area contributed by atoms with E-state index in [-0.39, 0.29) is 10.6 Å². The van der Waals surface area contributed by atoms with Crippen molar-refractivity contribution in [3.63, 3.8) is 0 Å². The second kappa shape index (κ2) is 9.94. The van der Waals surface area contributed by atoms with Gasteiger partial charge in [0.05, 0.1) is 17.7 Å². The maximum Gasteiger partial charge on any atom is 0.339 e. The number of rotatable bonds is 7. The molecule has 4 rings (SSSR count). The van der Waals surface area contributed by atoms with Crippen LogP contribution in [0.4, 0.5) is 5.69 Å². The third kappa shape index (κ3) is 4.33. The van der Waals surface area contributed by atoms with Crippen molar-refractivity contribution in [3.05, 3.63) is 136 Å². The molecule has 0 aliphatic heterocycles. The zero-order valence-electron chi connectivity index (χ0n) is 19.0. The lowest BCUT2D eigenvalue weighted by Crippen LogP contribution is -2.38. The first-order valence-electron chi connectivity index (χ1n) is 10.9. The van der Waals surface area contributed by atoms with Crippen molar-refractivity contribution in [3.8, 4) is 0 Å². The van der Waals surface area contributed by atoms with Crippen LogP contribution in [0.1, 0.15) is 39.5 Å². The predicted molar refractivity (Wildman–Crippen MR) is 138 cm³/mol. The molecule has 0 unspecified atom stereocenters. The highest BCUT2D eigenvalue weighted by Crippen LogP contribution is 2.41. The van der Waals surface area contributed by atoms with Crippen molar-refractivity contribution >= 4 is 29.0 Å². The largest absolute Gasteiger partial charge is 0.465 e. The van der Waals surface area contributed by atoms with Gasteiger partial charge >= 0.3 is 5.97 Å². The molecule has 0 saturated carbocycles. The Bertz CT molecular complexity index is 1210. The number of anilines is 1. The summed E-state index contributed by atoms with van der Waals surface area (Å²) in [5, 5.41) is 12.4. The van der Waals surface area contributed by atoms with E-state index in [9.17, 15) is 4.79 Å². The van der Waals surface area contributed by atoms with Crippen LogP contribution in [0.25, 0.3) is 0 Å². The molecule has 4 aromatic carbocycles. The molecule has 0 saturated heterocycles. The van der Waals surface area contributed by atoms with E-state index in [0.717, 1.165) is 16.7 Å². The highest BCUT2D eigenvalue weighted by atomic mass is 35.5. The Morgan fingerprint density at radius 1 is 0.794 bits per heavy atom. The summed E-state index contributed by atoms with van der Waals surface area (Å²) in [6, 6.07) is 33.8. The number of ether oxygens (including phenoxy) is 1. The minimum absolute atomic E-state index is 0.223. The number of hydrogen-bond acceptors (Lipinski definition) is 4. The van der Waals surface area contributed by atoms with Gasteiger partial charge in [0.15, 0.2) is 0 Å². The van der Waals surface area contributed by atoms with E-state index in [1.807, 2.05) is 54.6 Å². The summed E-state index contributed by atoms with van der Waals surface area (Å²) in [4.78, 5) is 12.3. The summed E-state index contributed by atoms with van der Waals surface area (Å²) in [5.41, 5.74) is 4.01. The van der Waals surface area contributed by atoms with Crippen LogP contribution >= 0.6 is 11.6 Å². The van der Waals surface area contributed by atoms with Gasteiger partial charge in [0, 0.05) is 17.0 Å². The standard InChI is InChI=1S/C29H25ClN2O2/c1-20(31)24-18-25(28(33)34-2)26(30)19-27(24)32-29(21-12-6-3-7-13-21,22-14-8-4-9-15-22)23-16-10-5-11-17-23/h3-19,31-32H,1-2H3. The van der Waals surface area contributed by atoms with E-state index >= 15 is 0 Å². The van der Waals surface area contributed by atoms with E-state index < -0.39 is 11.5 Å². The lowest BCUT2D eigenvalue weighted by molar-refractivity contribution is 0.0601. The monoisotopic (exact) mass is 468 g/mol. The van der Waals surface area contributed by atoms with Crippen LogP contribution in [0.5, 0.6) is 0 Å². The lowest BCUT2D eigenvalue weighted by atomic mass is 9.76. The molecule has 0 aliphatic carbocycles. The van der Waals surface area contributed by atoms with E-state index in [0.29, 0.717) is 17.0 Å². The van der Waals surface area contributed by atoms with Gasteiger partial charge in [0.2, 0.25) is 0 Å². The minimum atomic E-state index is -0.788. The third-order valence-corrected chi connectivity index (χ3v) is 6.17. The van der Waals surface area contributed by atoms with Crippen molar-refractivity contribution < 1.29 is 9.53 Å². The Balaban J connectivity index is 2.03. The maximum atomic E-state index is 12.3. The number of carbonyl (C=O) groups excluding carboxylic acids is 1. The van der Waals surface area contributed by atoms with Gasteiger partial charge in [0.25, 0.3) is 0 Å². The Hall–Kier alpha value is -3.89. The number of nitrogens with one attached hydrogen (secondary N) is 2. The number of esters is 1. The molecule has 34 heavy (non-hydrogen) atoms. The quantitative estimate of drug-likeness (QED) is 0.176. The molecule has 0 fully saturated rings. The Morgan fingerprint density at radius 3 is 1.62 bits per heavy atom. The molecule has 4 nitrogen and oxygen atoms in total. The SMILES string of the molecule is COC(=O)c1cc(C(C)=N)c(NC(c2ccccc2)(c2ccccc2)c2ccccc2)cc1Cl. The molecule has 0 aliphatic rings. The van der Waals surface area contributed by atoms with Gasteiger partial charge in [-0.1, -0.05) is 103 Å². The molecule has 0 heterocycles. The van der Waals surface area contributed by atoms with Crippen molar-refractivity contribution in [1.29, 1.82) is 5.41 Å². The third-order valence-electron chi connectivity index (χ3n) is 5.86. The van der Waals surface area contributed by atoms with Crippen LogP contribution in [-0.4, -0.2) is 18.8 Å². The lowest BCUT2D eigenvalue weighted by Gasteiger charge is -2.38. The summed E-state index contributed by atoms with van der Waals surface area (Å²) in [7, 11) is 1.31. The van der Waals surface area contributed by atoms with E-state index in [2.05, 4.69) is 41.7 Å². The summed E-state index contributed by atoms with van der Waals surface area (Å²) < 4.78 is 4.89. The second-order valence-corrected chi connectivity index (χ2v) is 8.37. The van der Waals surface area contributed by atoms with Gasteiger partial charge < -0.3 is 15.5 Å². The second-order valence-electron chi connectivity index (χ2n) is 7.97.